The maximum Gasteiger partial charge on any atom is 0.248 e. The lowest BCUT2D eigenvalue weighted by Gasteiger charge is -2.18. The fraction of sp³-hybridized carbons (Fsp3) is 0.278. The van der Waals surface area contributed by atoms with E-state index in [1.54, 1.807) is 24.3 Å². The highest BCUT2D eigenvalue weighted by molar-refractivity contribution is 5.93. The Morgan fingerprint density at radius 1 is 1.30 bits per heavy atom. The van der Waals surface area contributed by atoms with Crippen LogP contribution in [0.1, 0.15) is 53.9 Å². The lowest BCUT2D eigenvalue weighted by atomic mass is 9.89. The monoisotopic (exact) mass is 308 g/mol. The van der Waals surface area contributed by atoms with E-state index in [2.05, 4.69) is 11.1 Å². The fourth-order valence-electron chi connectivity index (χ4n) is 2.73. The first kappa shape index (κ1) is 16.5. The maximum atomic E-state index is 11.2. The summed E-state index contributed by atoms with van der Waals surface area (Å²) in [5.41, 5.74) is 15.6. The summed E-state index contributed by atoms with van der Waals surface area (Å²) >= 11 is 0. The number of anilines is 1. The number of nitrogens with two attached hydrogens (primary N) is 2. The highest BCUT2D eigenvalue weighted by Crippen LogP contribution is 2.35. The third-order valence-electron chi connectivity index (χ3n) is 3.83. The summed E-state index contributed by atoms with van der Waals surface area (Å²) in [5.74, 6) is -0.0455. The van der Waals surface area contributed by atoms with E-state index < -0.39 is 5.91 Å². The average Bonchev–Trinajstić information content (AvgIpc) is 2.53. The third kappa shape index (κ3) is 3.02. The SMILES string of the molecule is CCc1c(C(C)C)nc(N)c(C#N)c1-c1ccc(C(N)=O)cc1. The number of pyridine rings is 1. The van der Waals surface area contributed by atoms with Crippen LogP contribution < -0.4 is 11.5 Å². The Morgan fingerprint density at radius 2 is 1.91 bits per heavy atom. The van der Waals surface area contributed by atoms with E-state index in [1.165, 1.54) is 0 Å². The van der Waals surface area contributed by atoms with Crippen LogP contribution in [0.15, 0.2) is 24.3 Å². The lowest BCUT2D eigenvalue weighted by molar-refractivity contribution is 0.100. The second kappa shape index (κ2) is 6.49. The van der Waals surface area contributed by atoms with Crippen molar-refractivity contribution in [2.45, 2.75) is 33.1 Å². The number of hydrogen-bond donors (Lipinski definition) is 2. The van der Waals surface area contributed by atoms with Gasteiger partial charge in [-0.05, 0) is 35.6 Å². The number of carbonyl (C=O) groups is 1. The minimum atomic E-state index is -0.482. The molecule has 0 aliphatic carbocycles. The quantitative estimate of drug-likeness (QED) is 0.905. The van der Waals surface area contributed by atoms with Crippen LogP contribution in [0, 0.1) is 11.3 Å². The van der Waals surface area contributed by atoms with Crippen LogP contribution in [0.25, 0.3) is 11.1 Å². The molecule has 0 atom stereocenters. The molecule has 2 rings (SSSR count). The zero-order valence-electron chi connectivity index (χ0n) is 13.6. The molecule has 1 aromatic heterocycles. The summed E-state index contributed by atoms with van der Waals surface area (Å²) < 4.78 is 0. The smallest absolute Gasteiger partial charge is 0.248 e. The van der Waals surface area contributed by atoms with Crippen LogP contribution in [0.4, 0.5) is 5.82 Å². The Bertz CT molecular complexity index is 786. The summed E-state index contributed by atoms with van der Waals surface area (Å²) in [6.07, 6.45) is 0.738. The van der Waals surface area contributed by atoms with Gasteiger partial charge >= 0.3 is 0 Å². The first-order valence-corrected chi connectivity index (χ1v) is 7.53. The minimum absolute atomic E-state index is 0.198. The van der Waals surface area contributed by atoms with Crippen molar-refractivity contribution in [3.8, 4) is 17.2 Å². The summed E-state index contributed by atoms with van der Waals surface area (Å²) in [6.45, 7) is 6.13. The summed E-state index contributed by atoms with van der Waals surface area (Å²) in [7, 11) is 0. The summed E-state index contributed by atoms with van der Waals surface area (Å²) in [6, 6.07) is 9.06. The summed E-state index contributed by atoms with van der Waals surface area (Å²) in [4.78, 5) is 15.7. The second-order valence-corrected chi connectivity index (χ2v) is 5.67. The topological polar surface area (TPSA) is 106 Å². The van der Waals surface area contributed by atoms with Crippen molar-refractivity contribution in [1.29, 1.82) is 5.26 Å². The van der Waals surface area contributed by atoms with Crippen molar-refractivity contribution in [2.24, 2.45) is 5.73 Å². The maximum absolute atomic E-state index is 11.2. The molecule has 4 N–H and O–H groups in total. The number of aromatic nitrogens is 1. The molecule has 0 saturated carbocycles. The summed E-state index contributed by atoms with van der Waals surface area (Å²) in [5, 5.41) is 9.51. The third-order valence-corrected chi connectivity index (χ3v) is 3.83. The van der Waals surface area contributed by atoms with Gasteiger partial charge in [0.25, 0.3) is 0 Å². The van der Waals surface area contributed by atoms with Crippen LogP contribution in [-0.4, -0.2) is 10.9 Å². The van der Waals surface area contributed by atoms with Gasteiger partial charge in [0.1, 0.15) is 17.5 Å². The van der Waals surface area contributed by atoms with E-state index >= 15 is 0 Å². The molecule has 0 aliphatic rings. The fourth-order valence-corrected chi connectivity index (χ4v) is 2.73. The van der Waals surface area contributed by atoms with Crippen LogP contribution in [-0.2, 0) is 6.42 Å². The number of primary amides is 1. The second-order valence-electron chi connectivity index (χ2n) is 5.67. The molecule has 118 valence electrons. The molecule has 5 heteroatoms. The van der Waals surface area contributed by atoms with E-state index in [-0.39, 0.29) is 11.7 Å². The molecule has 0 bridgehead atoms. The molecular weight excluding hydrogens is 288 g/mol. The number of rotatable bonds is 4. The van der Waals surface area contributed by atoms with Crippen LogP contribution >= 0.6 is 0 Å². The predicted octanol–water partition coefficient (Wildman–Crippen LogP) is 2.99. The van der Waals surface area contributed by atoms with Gasteiger partial charge in [0.15, 0.2) is 0 Å². The molecule has 2 aromatic rings. The molecule has 0 radical (unpaired) electrons. The number of nitrogen functional groups attached to an aromatic ring is 1. The Kier molecular flexibility index (Phi) is 4.65. The number of nitriles is 1. The highest BCUT2D eigenvalue weighted by Gasteiger charge is 2.20. The van der Waals surface area contributed by atoms with Gasteiger partial charge in [0.05, 0.1) is 0 Å². The van der Waals surface area contributed by atoms with Crippen molar-refractivity contribution in [1.82, 2.24) is 4.98 Å². The van der Waals surface area contributed by atoms with Crippen molar-refractivity contribution in [2.75, 3.05) is 5.73 Å². The normalized spacial score (nSPS) is 10.6. The van der Waals surface area contributed by atoms with Gasteiger partial charge in [-0.2, -0.15) is 5.26 Å². The van der Waals surface area contributed by atoms with E-state index in [0.29, 0.717) is 11.1 Å². The van der Waals surface area contributed by atoms with Crippen molar-refractivity contribution in [3.05, 3.63) is 46.6 Å². The average molecular weight is 308 g/mol. The molecule has 0 spiro atoms. The zero-order chi connectivity index (χ0) is 17.1. The Hall–Kier alpha value is -2.87. The van der Waals surface area contributed by atoms with Gasteiger partial charge in [-0.15, -0.1) is 0 Å². The molecule has 23 heavy (non-hydrogen) atoms. The molecule has 1 heterocycles. The first-order chi connectivity index (χ1) is 10.9. The number of amides is 1. The van der Waals surface area contributed by atoms with E-state index in [4.69, 9.17) is 11.5 Å². The predicted molar refractivity (Wildman–Crippen MR) is 90.8 cm³/mol. The Labute approximate surface area is 135 Å². The molecule has 0 saturated heterocycles. The molecule has 0 fully saturated rings. The van der Waals surface area contributed by atoms with Crippen LogP contribution in [0.3, 0.4) is 0 Å². The standard InChI is InChI=1S/C18H20N4O/c1-4-13-15(11-5-7-12(8-6-11)18(21)23)14(9-19)17(20)22-16(13)10(2)3/h5-8,10H,4H2,1-3H3,(H2,20,22)(H2,21,23). The van der Waals surface area contributed by atoms with Gasteiger partial charge in [0, 0.05) is 16.8 Å². The first-order valence-electron chi connectivity index (χ1n) is 7.53. The number of benzene rings is 1. The number of hydrogen-bond acceptors (Lipinski definition) is 4. The van der Waals surface area contributed by atoms with Gasteiger partial charge in [-0.3, -0.25) is 4.79 Å². The van der Waals surface area contributed by atoms with E-state index in [1.807, 2.05) is 20.8 Å². The van der Waals surface area contributed by atoms with E-state index in [0.717, 1.165) is 28.8 Å². The Balaban J connectivity index is 2.78. The van der Waals surface area contributed by atoms with Gasteiger partial charge in [0.2, 0.25) is 5.91 Å². The van der Waals surface area contributed by atoms with E-state index in [9.17, 15) is 10.1 Å². The lowest BCUT2D eigenvalue weighted by Crippen LogP contribution is -2.11. The molecule has 0 aliphatic heterocycles. The molecule has 1 aromatic carbocycles. The highest BCUT2D eigenvalue weighted by atomic mass is 16.1. The van der Waals surface area contributed by atoms with Crippen molar-refractivity contribution < 1.29 is 4.79 Å². The Morgan fingerprint density at radius 3 is 2.35 bits per heavy atom. The zero-order valence-corrected chi connectivity index (χ0v) is 13.6. The van der Waals surface area contributed by atoms with Crippen LogP contribution in [0.5, 0.6) is 0 Å². The van der Waals surface area contributed by atoms with Gasteiger partial charge < -0.3 is 11.5 Å². The molecular formula is C18H20N4O. The van der Waals surface area contributed by atoms with Crippen molar-refractivity contribution in [3.63, 3.8) is 0 Å². The molecule has 0 unspecified atom stereocenters. The number of nitrogens with zero attached hydrogens (tertiary/aromatic N) is 2. The van der Waals surface area contributed by atoms with Crippen LogP contribution in [0.2, 0.25) is 0 Å². The number of carbonyl (C=O) groups excluding carboxylic acids is 1. The molecule has 5 nitrogen and oxygen atoms in total. The minimum Gasteiger partial charge on any atom is -0.383 e. The van der Waals surface area contributed by atoms with Gasteiger partial charge in [-0.25, -0.2) is 4.98 Å². The largest absolute Gasteiger partial charge is 0.383 e. The van der Waals surface area contributed by atoms with Crippen molar-refractivity contribution >= 4 is 11.7 Å². The van der Waals surface area contributed by atoms with Gasteiger partial charge in [-0.1, -0.05) is 32.9 Å². The molecule has 1 amide bonds.